The van der Waals surface area contributed by atoms with Gasteiger partial charge in [0.25, 0.3) is 0 Å². The van der Waals surface area contributed by atoms with E-state index in [4.69, 9.17) is 16.6 Å². The zero-order valence-corrected chi connectivity index (χ0v) is 13.8. The molecule has 19 heavy (non-hydrogen) atoms. The number of hydrogen-bond donors (Lipinski definition) is 0. The molecule has 0 saturated heterocycles. The third-order valence-corrected chi connectivity index (χ3v) is 5.03. The molecule has 1 aromatic rings. The zero-order chi connectivity index (χ0) is 13.8. The maximum absolute atomic E-state index is 5.88. The van der Waals surface area contributed by atoms with E-state index < -0.39 is 0 Å². The summed E-state index contributed by atoms with van der Waals surface area (Å²) in [5.41, 5.74) is 1.03. The van der Waals surface area contributed by atoms with E-state index in [0.29, 0.717) is 11.9 Å². The summed E-state index contributed by atoms with van der Waals surface area (Å²) in [5.74, 6) is 1.30. The van der Waals surface area contributed by atoms with Crippen LogP contribution in [0.4, 0.5) is 0 Å². The van der Waals surface area contributed by atoms with E-state index in [2.05, 4.69) is 31.1 Å². The Bertz CT molecular complexity index is 387. The standard InChI is InChI=1S/C15H25ClN2S/c1-4-14(15-17-12(9-16)10-19-15)18(13-5-6-13)8-7-11(2)3/h10-11,13-14H,4-9H2,1-3H3. The minimum absolute atomic E-state index is 0.494. The van der Waals surface area contributed by atoms with Gasteiger partial charge in [-0.2, -0.15) is 0 Å². The van der Waals surface area contributed by atoms with Gasteiger partial charge in [-0.1, -0.05) is 20.8 Å². The van der Waals surface area contributed by atoms with Crippen LogP contribution < -0.4 is 0 Å². The highest BCUT2D eigenvalue weighted by atomic mass is 35.5. The van der Waals surface area contributed by atoms with E-state index in [1.807, 2.05) is 0 Å². The molecule has 2 rings (SSSR count). The third kappa shape index (κ3) is 4.17. The van der Waals surface area contributed by atoms with Crippen molar-refractivity contribution in [3.05, 3.63) is 16.1 Å². The molecular formula is C15H25ClN2S. The molecule has 0 spiro atoms. The van der Waals surface area contributed by atoms with Crippen LogP contribution in [0.2, 0.25) is 0 Å². The van der Waals surface area contributed by atoms with Crippen LogP contribution in [0, 0.1) is 5.92 Å². The molecule has 1 aliphatic carbocycles. The van der Waals surface area contributed by atoms with Gasteiger partial charge in [-0.25, -0.2) is 4.98 Å². The molecule has 1 saturated carbocycles. The van der Waals surface area contributed by atoms with Crippen molar-refractivity contribution in [1.82, 2.24) is 9.88 Å². The second-order valence-electron chi connectivity index (χ2n) is 5.89. The maximum Gasteiger partial charge on any atom is 0.110 e. The summed E-state index contributed by atoms with van der Waals surface area (Å²) in [5, 5.41) is 3.37. The van der Waals surface area contributed by atoms with E-state index in [0.717, 1.165) is 24.1 Å². The molecule has 1 fully saturated rings. The van der Waals surface area contributed by atoms with Crippen molar-refractivity contribution < 1.29 is 0 Å². The predicted octanol–water partition coefficient (Wildman–Crippen LogP) is 4.84. The minimum Gasteiger partial charge on any atom is -0.291 e. The van der Waals surface area contributed by atoms with E-state index in [1.54, 1.807) is 11.3 Å². The second kappa shape index (κ2) is 7.05. The Hall–Kier alpha value is -0.120. The number of halogens is 1. The maximum atomic E-state index is 5.88. The van der Waals surface area contributed by atoms with Crippen LogP contribution in [-0.2, 0) is 5.88 Å². The average molecular weight is 301 g/mol. The molecule has 0 radical (unpaired) electrons. The highest BCUT2D eigenvalue weighted by Crippen LogP contribution is 2.37. The number of alkyl halides is 1. The molecule has 0 N–H and O–H groups in total. The van der Waals surface area contributed by atoms with Crippen LogP contribution in [0.5, 0.6) is 0 Å². The SMILES string of the molecule is CCC(c1nc(CCl)cs1)N(CCC(C)C)C1CC1. The van der Waals surface area contributed by atoms with Crippen LogP contribution in [0.3, 0.4) is 0 Å². The Morgan fingerprint density at radius 2 is 2.21 bits per heavy atom. The second-order valence-corrected chi connectivity index (χ2v) is 7.04. The van der Waals surface area contributed by atoms with Crippen molar-refractivity contribution >= 4 is 22.9 Å². The van der Waals surface area contributed by atoms with Crippen molar-refractivity contribution in [2.75, 3.05) is 6.54 Å². The summed E-state index contributed by atoms with van der Waals surface area (Å²) in [6.07, 6.45) is 5.15. The summed E-state index contributed by atoms with van der Waals surface area (Å²) >= 11 is 7.65. The van der Waals surface area contributed by atoms with Gasteiger partial charge in [0, 0.05) is 11.4 Å². The number of nitrogens with zero attached hydrogens (tertiary/aromatic N) is 2. The number of thiazole rings is 1. The predicted molar refractivity (Wildman–Crippen MR) is 83.9 cm³/mol. The van der Waals surface area contributed by atoms with Gasteiger partial charge in [0.1, 0.15) is 5.01 Å². The molecule has 0 aromatic carbocycles. The fourth-order valence-electron chi connectivity index (χ4n) is 2.49. The minimum atomic E-state index is 0.494. The molecule has 0 bridgehead atoms. The largest absolute Gasteiger partial charge is 0.291 e. The molecule has 0 amide bonds. The molecule has 0 aliphatic heterocycles. The molecule has 2 nitrogen and oxygen atoms in total. The lowest BCUT2D eigenvalue weighted by Gasteiger charge is -2.30. The molecule has 108 valence electrons. The lowest BCUT2D eigenvalue weighted by molar-refractivity contribution is 0.171. The zero-order valence-electron chi connectivity index (χ0n) is 12.2. The van der Waals surface area contributed by atoms with Crippen molar-refractivity contribution in [2.45, 2.75) is 64.4 Å². The van der Waals surface area contributed by atoms with Gasteiger partial charge in [-0.3, -0.25) is 4.90 Å². The lowest BCUT2D eigenvalue weighted by Crippen LogP contribution is -2.32. The van der Waals surface area contributed by atoms with Crippen molar-refractivity contribution in [3.8, 4) is 0 Å². The van der Waals surface area contributed by atoms with E-state index in [9.17, 15) is 0 Å². The first-order valence-electron chi connectivity index (χ1n) is 7.41. The van der Waals surface area contributed by atoms with Crippen LogP contribution >= 0.6 is 22.9 Å². The summed E-state index contributed by atoms with van der Waals surface area (Å²) in [7, 11) is 0. The summed E-state index contributed by atoms with van der Waals surface area (Å²) in [6, 6.07) is 1.29. The lowest BCUT2D eigenvalue weighted by atomic mass is 10.1. The van der Waals surface area contributed by atoms with E-state index >= 15 is 0 Å². The first kappa shape index (κ1) is 15.3. The fourth-order valence-corrected chi connectivity index (χ4v) is 3.74. The summed E-state index contributed by atoms with van der Waals surface area (Å²) < 4.78 is 0. The highest BCUT2D eigenvalue weighted by molar-refractivity contribution is 7.09. The average Bonchev–Trinajstić information content (AvgIpc) is 3.12. The third-order valence-electron chi connectivity index (χ3n) is 3.76. The van der Waals surface area contributed by atoms with Crippen molar-refractivity contribution in [1.29, 1.82) is 0 Å². The molecule has 4 heteroatoms. The monoisotopic (exact) mass is 300 g/mol. The van der Waals surface area contributed by atoms with Crippen LogP contribution in [0.1, 0.15) is 63.2 Å². The number of rotatable bonds is 8. The van der Waals surface area contributed by atoms with Gasteiger partial charge in [-0.05, 0) is 38.1 Å². The topological polar surface area (TPSA) is 16.1 Å². The van der Waals surface area contributed by atoms with Crippen molar-refractivity contribution in [3.63, 3.8) is 0 Å². The first-order valence-corrected chi connectivity index (χ1v) is 8.83. The van der Waals surface area contributed by atoms with Crippen LogP contribution in [0.25, 0.3) is 0 Å². The molecular weight excluding hydrogens is 276 g/mol. The van der Waals surface area contributed by atoms with Crippen molar-refractivity contribution in [2.24, 2.45) is 5.92 Å². The Morgan fingerprint density at radius 1 is 1.47 bits per heavy atom. The fraction of sp³-hybridized carbons (Fsp3) is 0.800. The first-order chi connectivity index (χ1) is 9.15. The number of aromatic nitrogens is 1. The molecule has 1 unspecified atom stereocenters. The van der Waals surface area contributed by atoms with Crippen LogP contribution in [0.15, 0.2) is 5.38 Å². The Morgan fingerprint density at radius 3 is 2.68 bits per heavy atom. The quantitative estimate of drug-likeness (QED) is 0.638. The Labute approximate surface area is 126 Å². The van der Waals surface area contributed by atoms with Gasteiger partial charge in [0.05, 0.1) is 17.6 Å². The van der Waals surface area contributed by atoms with Gasteiger partial charge in [0.15, 0.2) is 0 Å². The number of hydrogen-bond acceptors (Lipinski definition) is 3. The van der Waals surface area contributed by atoms with Gasteiger partial charge < -0.3 is 0 Å². The molecule has 1 heterocycles. The van der Waals surface area contributed by atoms with Gasteiger partial charge in [-0.15, -0.1) is 22.9 Å². The molecule has 1 atom stereocenters. The Balaban J connectivity index is 2.07. The normalized spacial score (nSPS) is 17.4. The van der Waals surface area contributed by atoms with Gasteiger partial charge >= 0.3 is 0 Å². The van der Waals surface area contributed by atoms with E-state index in [1.165, 1.54) is 30.8 Å². The van der Waals surface area contributed by atoms with Gasteiger partial charge in [0.2, 0.25) is 0 Å². The molecule has 1 aromatic heterocycles. The van der Waals surface area contributed by atoms with E-state index in [-0.39, 0.29) is 0 Å². The highest BCUT2D eigenvalue weighted by Gasteiger charge is 2.34. The smallest absolute Gasteiger partial charge is 0.110 e. The summed E-state index contributed by atoms with van der Waals surface area (Å²) in [4.78, 5) is 7.39. The Kier molecular flexibility index (Phi) is 5.67. The molecule has 1 aliphatic rings. The van der Waals surface area contributed by atoms with Crippen LogP contribution in [-0.4, -0.2) is 22.5 Å². The summed E-state index contributed by atoms with van der Waals surface area (Å²) in [6.45, 7) is 8.09.